The second kappa shape index (κ2) is 11.1. The van der Waals surface area contributed by atoms with Crippen LogP contribution in [0.3, 0.4) is 0 Å². The first-order valence-corrected chi connectivity index (χ1v) is 12.7. The Balaban J connectivity index is 1.26. The summed E-state index contributed by atoms with van der Waals surface area (Å²) in [4.78, 5) is 21.5. The first kappa shape index (κ1) is 23.6. The lowest BCUT2D eigenvalue weighted by molar-refractivity contribution is -0.128. The van der Waals surface area contributed by atoms with Gasteiger partial charge in [0, 0.05) is 32.4 Å². The van der Waals surface area contributed by atoms with E-state index in [2.05, 4.69) is 26.2 Å². The van der Waals surface area contributed by atoms with E-state index in [1.165, 1.54) is 11.8 Å². The number of anilines is 1. The lowest BCUT2D eigenvalue weighted by atomic mass is 10.2. The molecule has 1 amide bonds. The topological polar surface area (TPSA) is 104 Å². The molecule has 4 aromatic rings. The zero-order valence-electron chi connectivity index (χ0n) is 19.7. The highest BCUT2D eigenvalue weighted by molar-refractivity contribution is 7.99. The predicted octanol–water partition coefficient (Wildman–Crippen LogP) is 3.68. The van der Waals surface area contributed by atoms with Crippen molar-refractivity contribution in [3.63, 3.8) is 0 Å². The van der Waals surface area contributed by atoms with Crippen molar-refractivity contribution in [1.82, 2.24) is 24.6 Å². The number of nitrogens with zero attached hydrogens (tertiary/aromatic N) is 7. The molecule has 9 nitrogen and oxygen atoms in total. The van der Waals surface area contributed by atoms with Gasteiger partial charge in [0.05, 0.1) is 24.1 Å². The quantitative estimate of drug-likeness (QED) is 0.355. The maximum Gasteiger partial charge on any atom is 0.233 e. The van der Waals surface area contributed by atoms with E-state index < -0.39 is 0 Å². The molecule has 4 heterocycles. The molecule has 0 aliphatic carbocycles. The van der Waals surface area contributed by atoms with E-state index in [0.717, 1.165) is 18.5 Å². The third kappa shape index (κ3) is 5.26. The minimum Gasteiger partial charge on any atom is -0.461 e. The highest BCUT2D eigenvalue weighted by Gasteiger charge is 2.23. The highest BCUT2D eigenvalue weighted by atomic mass is 32.2. The van der Waals surface area contributed by atoms with Crippen LogP contribution < -0.4 is 4.90 Å². The SMILES string of the molecule is N#Cc1cccnc1N1CCCN(C(=O)CSc2nnc(-c3ccco3)n2Cc2ccccc2)CC1. The van der Waals surface area contributed by atoms with Gasteiger partial charge < -0.3 is 14.2 Å². The summed E-state index contributed by atoms with van der Waals surface area (Å²) in [6.07, 6.45) is 4.12. The van der Waals surface area contributed by atoms with Crippen LogP contribution in [-0.2, 0) is 11.3 Å². The van der Waals surface area contributed by atoms with Crippen molar-refractivity contribution in [2.75, 3.05) is 36.8 Å². The van der Waals surface area contributed by atoms with Crippen molar-refractivity contribution >= 4 is 23.5 Å². The van der Waals surface area contributed by atoms with Crippen molar-refractivity contribution in [2.24, 2.45) is 0 Å². The number of carbonyl (C=O) groups is 1. The minimum absolute atomic E-state index is 0.0530. The number of rotatable bonds is 7. The molecule has 182 valence electrons. The van der Waals surface area contributed by atoms with Crippen LogP contribution in [-0.4, -0.2) is 62.5 Å². The number of hydrogen-bond donors (Lipinski definition) is 0. The summed E-state index contributed by atoms with van der Waals surface area (Å²) in [7, 11) is 0. The molecule has 1 fully saturated rings. The normalized spacial score (nSPS) is 13.9. The molecule has 1 aromatic carbocycles. The molecule has 0 saturated carbocycles. The van der Waals surface area contributed by atoms with E-state index >= 15 is 0 Å². The Hall–Kier alpha value is -4.10. The van der Waals surface area contributed by atoms with E-state index in [4.69, 9.17) is 4.42 Å². The molecule has 1 aliphatic rings. The molecule has 1 aliphatic heterocycles. The van der Waals surface area contributed by atoms with Crippen LogP contribution in [0.15, 0.2) is 76.6 Å². The highest BCUT2D eigenvalue weighted by Crippen LogP contribution is 2.26. The van der Waals surface area contributed by atoms with Gasteiger partial charge in [-0.2, -0.15) is 5.26 Å². The summed E-state index contributed by atoms with van der Waals surface area (Å²) < 4.78 is 7.56. The van der Waals surface area contributed by atoms with Crippen LogP contribution in [0, 0.1) is 11.3 Å². The molecule has 5 rings (SSSR count). The van der Waals surface area contributed by atoms with E-state index in [1.807, 2.05) is 51.9 Å². The summed E-state index contributed by atoms with van der Waals surface area (Å²) in [5.41, 5.74) is 1.66. The van der Waals surface area contributed by atoms with Gasteiger partial charge in [-0.05, 0) is 36.2 Å². The van der Waals surface area contributed by atoms with Gasteiger partial charge in [0.1, 0.15) is 11.9 Å². The Morgan fingerprint density at radius 3 is 2.72 bits per heavy atom. The van der Waals surface area contributed by atoms with Gasteiger partial charge in [-0.15, -0.1) is 10.2 Å². The molecule has 10 heteroatoms. The molecule has 0 N–H and O–H groups in total. The van der Waals surface area contributed by atoms with Crippen LogP contribution in [0.2, 0.25) is 0 Å². The summed E-state index contributed by atoms with van der Waals surface area (Å²) in [6.45, 7) is 3.20. The molecule has 0 atom stereocenters. The van der Waals surface area contributed by atoms with Gasteiger partial charge in [0.2, 0.25) is 11.7 Å². The smallest absolute Gasteiger partial charge is 0.233 e. The van der Waals surface area contributed by atoms with Crippen LogP contribution in [0.25, 0.3) is 11.6 Å². The van der Waals surface area contributed by atoms with Crippen LogP contribution >= 0.6 is 11.8 Å². The Kier molecular flexibility index (Phi) is 7.28. The molecule has 36 heavy (non-hydrogen) atoms. The van der Waals surface area contributed by atoms with E-state index in [1.54, 1.807) is 24.6 Å². The monoisotopic (exact) mass is 499 g/mol. The second-order valence-corrected chi connectivity index (χ2v) is 9.29. The number of nitriles is 1. The Morgan fingerprint density at radius 1 is 1.03 bits per heavy atom. The number of benzene rings is 1. The number of hydrogen-bond acceptors (Lipinski definition) is 8. The number of pyridine rings is 1. The zero-order valence-corrected chi connectivity index (χ0v) is 20.5. The fourth-order valence-electron chi connectivity index (χ4n) is 4.22. The number of furan rings is 1. The molecule has 0 unspecified atom stereocenters. The second-order valence-electron chi connectivity index (χ2n) is 8.35. The average Bonchev–Trinajstić information content (AvgIpc) is 3.52. The third-order valence-corrected chi connectivity index (χ3v) is 6.97. The molecular weight excluding hydrogens is 474 g/mol. The van der Waals surface area contributed by atoms with Gasteiger partial charge in [0.25, 0.3) is 0 Å². The standard InChI is InChI=1S/C26H25N7O2S/c27-17-21-9-4-11-28-24(21)32-13-6-12-31(14-15-32)23(34)19-36-26-30-29-25(22-10-5-16-35-22)33(26)18-20-7-2-1-3-8-20/h1-5,7-11,16H,6,12-15,18-19H2. The van der Waals surface area contributed by atoms with Crippen molar-refractivity contribution < 1.29 is 9.21 Å². The van der Waals surface area contributed by atoms with Crippen molar-refractivity contribution in [3.8, 4) is 17.7 Å². The summed E-state index contributed by atoms with van der Waals surface area (Å²) in [5, 5.41) is 18.8. The number of amides is 1. The zero-order chi connectivity index (χ0) is 24.7. The van der Waals surface area contributed by atoms with Crippen LogP contribution in [0.1, 0.15) is 17.5 Å². The van der Waals surface area contributed by atoms with Crippen LogP contribution in [0.5, 0.6) is 0 Å². The molecule has 0 spiro atoms. The lowest BCUT2D eigenvalue weighted by Gasteiger charge is -2.23. The maximum atomic E-state index is 13.1. The van der Waals surface area contributed by atoms with Crippen molar-refractivity contribution in [2.45, 2.75) is 18.1 Å². The van der Waals surface area contributed by atoms with Gasteiger partial charge in [-0.1, -0.05) is 42.1 Å². The van der Waals surface area contributed by atoms with Gasteiger partial charge in [0.15, 0.2) is 10.9 Å². The van der Waals surface area contributed by atoms with Gasteiger partial charge in [-0.3, -0.25) is 9.36 Å². The minimum atomic E-state index is 0.0530. The summed E-state index contributed by atoms with van der Waals surface area (Å²) >= 11 is 1.38. The summed E-state index contributed by atoms with van der Waals surface area (Å²) in [6, 6.07) is 19.5. The Morgan fingerprint density at radius 2 is 1.92 bits per heavy atom. The van der Waals surface area contributed by atoms with E-state index in [0.29, 0.717) is 54.3 Å². The third-order valence-electron chi connectivity index (χ3n) is 6.02. The van der Waals surface area contributed by atoms with Crippen molar-refractivity contribution in [3.05, 3.63) is 78.2 Å². The molecule has 3 aromatic heterocycles. The first-order chi connectivity index (χ1) is 17.7. The molecule has 1 saturated heterocycles. The Bertz CT molecular complexity index is 1350. The molecule has 0 bridgehead atoms. The number of aromatic nitrogens is 4. The fourth-order valence-corrected chi connectivity index (χ4v) is 5.07. The maximum absolute atomic E-state index is 13.1. The summed E-state index contributed by atoms with van der Waals surface area (Å²) in [5.74, 6) is 2.27. The largest absolute Gasteiger partial charge is 0.461 e. The fraction of sp³-hybridized carbons (Fsp3) is 0.269. The first-order valence-electron chi connectivity index (χ1n) is 11.7. The lowest BCUT2D eigenvalue weighted by Crippen LogP contribution is -2.36. The predicted molar refractivity (Wildman–Crippen MR) is 136 cm³/mol. The van der Waals surface area contributed by atoms with Crippen LogP contribution in [0.4, 0.5) is 5.82 Å². The van der Waals surface area contributed by atoms with Crippen molar-refractivity contribution in [1.29, 1.82) is 5.26 Å². The number of thioether (sulfide) groups is 1. The van der Waals surface area contributed by atoms with E-state index in [-0.39, 0.29) is 11.7 Å². The number of carbonyl (C=O) groups excluding carboxylic acids is 1. The Labute approximate surface area is 213 Å². The average molecular weight is 500 g/mol. The molecular formula is C26H25N7O2S. The van der Waals surface area contributed by atoms with E-state index in [9.17, 15) is 10.1 Å². The van der Waals surface area contributed by atoms with Gasteiger partial charge >= 0.3 is 0 Å². The molecule has 0 radical (unpaired) electrons. The van der Waals surface area contributed by atoms with Gasteiger partial charge in [-0.25, -0.2) is 4.98 Å².